The number of carboxylic acids is 1. The van der Waals surface area contributed by atoms with Crippen LogP contribution in [0.4, 0.5) is 17.3 Å². The highest BCUT2D eigenvalue weighted by Gasteiger charge is 2.19. The Labute approximate surface area is 240 Å². The number of aromatic nitrogens is 2. The Bertz CT molecular complexity index is 1610. The summed E-state index contributed by atoms with van der Waals surface area (Å²) >= 11 is 13.2. The number of carbonyl (C=O) groups excluding carboxylic acids is 1. The molecule has 9 nitrogen and oxygen atoms in total. The van der Waals surface area contributed by atoms with Gasteiger partial charge in [0, 0.05) is 29.6 Å². The van der Waals surface area contributed by atoms with Crippen LogP contribution >= 0.6 is 23.2 Å². The van der Waals surface area contributed by atoms with Crippen molar-refractivity contribution in [2.75, 3.05) is 24.9 Å². The molecule has 0 radical (unpaired) electrons. The van der Waals surface area contributed by atoms with Crippen molar-refractivity contribution in [3.05, 3.63) is 76.4 Å². The highest BCUT2D eigenvalue weighted by atomic mass is 35.5. The van der Waals surface area contributed by atoms with Gasteiger partial charge in [-0.1, -0.05) is 41.9 Å². The van der Waals surface area contributed by atoms with Crippen molar-refractivity contribution in [2.24, 2.45) is 0 Å². The first kappa shape index (κ1) is 28.7. The van der Waals surface area contributed by atoms with Crippen LogP contribution in [0.2, 0.25) is 10.0 Å². The Morgan fingerprint density at radius 2 is 1.77 bits per heavy atom. The number of nitrogens with zero attached hydrogens (tertiary/aromatic N) is 2. The normalized spacial score (nSPS) is 10.7. The standard InChI is InChI=1S/C29H26Cl2N4O5/c1-5-23(36)33-20-11-16(6-9-24(37)38)10-15(2)28(20)35-29-32-14-18-12-17(7-8-19(18)34-29)25-26(30)21(39-3)13-22(40-4)27(25)31/h5,7-8,10-14H,1,6,9H2,2-4H3,(H,33,36)(H,37,38)(H,32,34,35). The van der Waals surface area contributed by atoms with E-state index in [4.69, 9.17) is 37.8 Å². The number of benzene rings is 3. The summed E-state index contributed by atoms with van der Waals surface area (Å²) in [6.07, 6.45) is 3.10. The maximum atomic E-state index is 12.1. The Hall–Kier alpha value is -4.34. The van der Waals surface area contributed by atoms with Crippen molar-refractivity contribution in [1.82, 2.24) is 9.97 Å². The molecule has 0 aliphatic carbocycles. The number of ether oxygens (including phenoxy) is 2. The maximum absolute atomic E-state index is 12.1. The summed E-state index contributed by atoms with van der Waals surface area (Å²) in [5.74, 6) is -0.152. The van der Waals surface area contributed by atoms with Crippen molar-refractivity contribution in [3.63, 3.8) is 0 Å². The molecule has 0 bridgehead atoms. The minimum atomic E-state index is -0.903. The van der Waals surface area contributed by atoms with Crippen LogP contribution in [0.5, 0.6) is 11.5 Å². The van der Waals surface area contributed by atoms with Crippen LogP contribution in [0.1, 0.15) is 17.5 Å². The van der Waals surface area contributed by atoms with Crippen molar-refractivity contribution in [3.8, 4) is 22.6 Å². The van der Waals surface area contributed by atoms with Gasteiger partial charge in [0.1, 0.15) is 11.5 Å². The number of amides is 1. The molecule has 0 saturated heterocycles. The highest BCUT2D eigenvalue weighted by Crippen LogP contribution is 2.46. The third kappa shape index (κ3) is 6.11. The molecule has 40 heavy (non-hydrogen) atoms. The van der Waals surface area contributed by atoms with Gasteiger partial charge in [0.05, 0.1) is 41.2 Å². The van der Waals surface area contributed by atoms with Crippen LogP contribution in [-0.4, -0.2) is 41.2 Å². The number of carboxylic acid groups (broad SMARTS) is 1. The van der Waals surface area contributed by atoms with E-state index in [0.717, 1.165) is 28.2 Å². The summed E-state index contributed by atoms with van der Waals surface area (Å²) in [6, 6.07) is 10.7. The molecule has 0 atom stereocenters. The predicted octanol–water partition coefficient (Wildman–Crippen LogP) is 6.81. The average molecular weight is 581 g/mol. The number of aryl methyl sites for hydroxylation is 2. The first-order chi connectivity index (χ1) is 19.1. The lowest BCUT2D eigenvalue weighted by Gasteiger charge is -2.17. The zero-order valence-corrected chi connectivity index (χ0v) is 23.5. The summed E-state index contributed by atoms with van der Waals surface area (Å²) in [6.45, 7) is 5.35. The third-order valence-corrected chi connectivity index (χ3v) is 6.90. The molecular weight excluding hydrogens is 555 g/mol. The molecule has 1 heterocycles. The van der Waals surface area contributed by atoms with Crippen LogP contribution in [0, 0.1) is 6.92 Å². The molecular formula is C29H26Cl2N4O5. The van der Waals surface area contributed by atoms with E-state index in [1.165, 1.54) is 14.2 Å². The van der Waals surface area contributed by atoms with E-state index in [1.54, 1.807) is 18.3 Å². The fraction of sp³-hybridized carbons (Fsp3) is 0.172. The fourth-order valence-corrected chi connectivity index (χ4v) is 4.92. The largest absolute Gasteiger partial charge is 0.495 e. The van der Waals surface area contributed by atoms with Gasteiger partial charge in [0.2, 0.25) is 11.9 Å². The van der Waals surface area contributed by atoms with E-state index >= 15 is 0 Å². The van der Waals surface area contributed by atoms with Gasteiger partial charge >= 0.3 is 5.97 Å². The minimum absolute atomic E-state index is 0.0319. The van der Waals surface area contributed by atoms with Crippen molar-refractivity contribution < 1.29 is 24.2 Å². The Morgan fingerprint density at radius 1 is 1.07 bits per heavy atom. The maximum Gasteiger partial charge on any atom is 0.303 e. The molecule has 4 rings (SSSR count). The number of anilines is 3. The van der Waals surface area contributed by atoms with Gasteiger partial charge in [0.25, 0.3) is 0 Å². The number of nitrogens with one attached hydrogen (secondary N) is 2. The summed E-state index contributed by atoms with van der Waals surface area (Å²) < 4.78 is 10.8. The van der Waals surface area contributed by atoms with Crippen LogP contribution in [0.15, 0.2) is 55.3 Å². The third-order valence-electron chi connectivity index (χ3n) is 6.15. The number of hydrogen-bond donors (Lipinski definition) is 3. The molecule has 206 valence electrons. The van der Waals surface area contributed by atoms with Crippen molar-refractivity contribution in [2.45, 2.75) is 19.8 Å². The molecule has 0 spiro atoms. The molecule has 0 aliphatic rings. The van der Waals surface area contributed by atoms with Crippen LogP contribution in [0.3, 0.4) is 0 Å². The van der Waals surface area contributed by atoms with Gasteiger partial charge in [-0.05, 0) is 54.3 Å². The van der Waals surface area contributed by atoms with Crippen molar-refractivity contribution >= 4 is 63.3 Å². The second-order valence-electron chi connectivity index (χ2n) is 8.80. The summed E-state index contributed by atoms with van der Waals surface area (Å²) in [5, 5.41) is 16.4. The molecule has 0 saturated carbocycles. The van der Waals surface area contributed by atoms with Gasteiger partial charge in [0.15, 0.2) is 0 Å². The molecule has 11 heteroatoms. The quantitative estimate of drug-likeness (QED) is 0.175. The number of halogens is 2. The SMILES string of the molecule is C=CC(=O)Nc1cc(CCC(=O)O)cc(C)c1Nc1ncc2cc(-c3c(Cl)c(OC)cc(OC)c3Cl)ccc2n1. The van der Waals surface area contributed by atoms with Gasteiger partial charge < -0.3 is 25.2 Å². The lowest BCUT2D eigenvalue weighted by atomic mass is 10.0. The van der Waals surface area contributed by atoms with E-state index < -0.39 is 11.9 Å². The topological polar surface area (TPSA) is 123 Å². The minimum Gasteiger partial charge on any atom is -0.495 e. The van der Waals surface area contributed by atoms with E-state index in [0.29, 0.717) is 56.4 Å². The summed E-state index contributed by atoms with van der Waals surface area (Å²) in [5.41, 5.74) is 4.51. The van der Waals surface area contributed by atoms with E-state index in [-0.39, 0.29) is 6.42 Å². The predicted molar refractivity (Wildman–Crippen MR) is 157 cm³/mol. The summed E-state index contributed by atoms with van der Waals surface area (Å²) in [4.78, 5) is 32.2. The first-order valence-corrected chi connectivity index (χ1v) is 12.8. The monoisotopic (exact) mass is 580 g/mol. The van der Waals surface area contributed by atoms with Gasteiger partial charge in [-0.2, -0.15) is 0 Å². The molecule has 4 aromatic rings. The van der Waals surface area contributed by atoms with Crippen LogP contribution in [0.25, 0.3) is 22.0 Å². The first-order valence-electron chi connectivity index (χ1n) is 12.1. The molecule has 1 amide bonds. The highest BCUT2D eigenvalue weighted by molar-refractivity contribution is 6.41. The van der Waals surface area contributed by atoms with Gasteiger partial charge in [-0.15, -0.1) is 0 Å². The lowest BCUT2D eigenvalue weighted by Crippen LogP contribution is -2.11. The van der Waals surface area contributed by atoms with E-state index in [9.17, 15) is 9.59 Å². The number of hydrogen-bond acceptors (Lipinski definition) is 7. The van der Waals surface area contributed by atoms with Crippen LogP contribution in [-0.2, 0) is 16.0 Å². The smallest absolute Gasteiger partial charge is 0.303 e. The van der Waals surface area contributed by atoms with E-state index in [2.05, 4.69) is 27.2 Å². The Morgan fingerprint density at radius 3 is 2.40 bits per heavy atom. The van der Waals surface area contributed by atoms with Gasteiger partial charge in [-0.25, -0.2) is 9.97 Å². The second kappa shape index (κ2) is 12.2. The summed E-state index contributed by atoms with van der Waals surface area (Å²) in [7, 11) is 3.03. The molecule has 0 fully saturated rings. The molecule has 0 aliphatic heterocycles. The molecule has 1 aromatic heterocycles. The lowest BCUT2D eigenvalue weighted by molar-refractivity contribution is -0.137. The average Bonchev–Trinajstić information content (AvgIpc) is 2.93. The molecule has 3 N–H and O–H groups in total. The van der Waals surface area contributed by atoms with Gasteiger partial charge in [-0.3, -0.25) is 9.59 Å². The van der Waals surface area contributed by atoms with E-state index in [1.807, 2.05) is 31.2 Å². The number of aliphatic carboxylic acids is 1. The zero-order valence-electron chi connectivity index (χ0n) is 22.0. The Balaban J connectivity index is 1.71. The Kier molecular flexibility index (Phi) is 8.77. The zero-order chi connectivity index (χ0) is 29.0. The second-order valence-corrected chi connectivity index (χ2v) is 9.55. The fourth-order valence-electron chi connectivity index (χ4n) is 4.21. The molecule has 3 aromatic carbocycles. The number of rotatable bonds is 10. The van der Waals surface area contributed by atoms with Crippen molar-refractivity contribution in [1.29, 1.82) is 0 Å². The molecule has 0 unspecified atom stereocenters. The number of carbonyl (C=O) groups is 2. The number of methoxy groups -OCH3 is 2. The van der Waals surface area contributed by atoms with Crippen LogP contribution < -0.4 is 20.1 Å². The number of fused-ring (bicyclic) bond motifs is 1.